The Labute approximate surface area is 176 Å². The molecule has 5 rings (SSSR count). The van der Waals surface area contributed by atoms with Crippen molar-refractivity contribution in [2.75, 3.05) is 7.05 Å². The number of benzene rings is 2. The van der Waals surface area contributed by atoms with Crippen LogP contribution in [0, 0.1) is 0 Å². The van der Waals surface area contributed by atoms with Crippen LogP contribution >= 0.6 is 0 Å². The van der Waals surface area contributed by atoms with Crippen LogP contribution in [0.3, 0.4) is 0 Å². The summed E-state index contributed by atoms with van der Waals surface area (Å²) in [6, 6.07) is 18.2. The van der Waals surface area contributed by atoms with Crippen molar-refractivity contribution in [2.24, 2.45) is 0 Å². The van der Waals surface area contributed by atoms with Gasteiger partial charge >= 0.3 is 0 Å². The highest BCUT2D eigenvalue weighted by Crippen LogP contribution is 2.31. The molecular weight excluding hydrogens is 372 g/mol. The molecule has 0 saturated carbocycles. The molecule has 4 aromatic rings. The van der Waals surface area contributed by atoms with Crippen LogP contribution in [0.1, 0.15) is 39.2 Å². The summed E-state index contributed by atoms with van der Waals surface area (Å²) in [5, 5.41) is 5.43. The van der Waals surface area contributed by atoms with E-state index in [1.54, 1.807) is 4.90 Å². The zero-order valence-corrected chi connectivity index (χ0v) is 17.1. The predicted octanol–water partition coefficient (Wildman–Crippen LogP) is 4.24. The molecule has 0 bridgehead atoms. The van der Waals surface area contributed by atoms with Gasteiger partial charge in [0.15, 0.2) is 0 Å². The maximum absolute atomic E-state index is 13.5. The average molecular weight is 396 g/mol. The van der Waals surface area contributed by atoms with Crippen molar-refractivity contribution in [3.8, 4) is 0 Å². The third-order valence-corrected chi connectivity index (χ3v) is 5.77. The fourth-order valence-corrected chi connectivity index (χ4v) is 4.34. The summed E-state index contributed by atoms with van der Waals surface area (Å²) in [4.78, 5) is 20.1. The second-order valence-electron chi connectivity index (χ2n) is 7.98. The van der Waals surface area contributed by atoms with Gasteiger partial charge in [0.1, 0.15) is 0 Å². The van der Waals surface area contributed by atoms with Gasteiger partial charge in [0.2, 0.25) is 0 Å². The maximum atomic E-state index is 13.5. The van der Waals surface area contributed by atoms with Gasteiger partial charge in [-0.05, 0) is 36.5 Å². The summed E-state index contributed by atoms with van der Waals surface area (Å²) in [6.07, 6.45) is 6.82. The minimum atomic E-state index is 0.0579. The van der Waals surface area contributed by atoms with E-state index in [4.69, 9.17) is 4.98 Å². The third kappa shape index (κ3) is 3.47. The highest BCUT2D eigenvalue weighted by Gasteiger charge is 2.25. The molecule has 2 heterocycles. The molecule has 5 heteroatoms. The molecule has 0 atom stereocenters. The fourth-order valence-electron chi connectivity index (χ4n) is 4.34. The highest BCUT2D eigenvalue weighted by molar-refractivity contribution is 6.07. The molecule has 1 aliphatic rings. The topological polar surface area (TPSA) is 51.0 Å². The number of para-hydroxylation sites is 1. The Morgan fingerprint density at radius 3 is 2.70 bits per heavy atom. The van der Waals surface area contributed by atoms with Crippen molar-refractivity contribution < 1.29 is 4.79 Å². The second kappa shape index (κ2) is 7.75. The Morgan fingerprint density at radius 2 is 1.83 bits per heavy atom. The summed E-state index contributed by atoms with van der Waals surface area (Å²) in [6.45, 7) is 1.25. The van der Waals surface area contributed by atoms with E-state index in [1.165, 1.54) is 5.56 Å². The first-order valence-electron chi connectivity index (χ1n) is 10.4. The first kappa shape index (κ1) is 18.6. The minimum absolute atomic E-state index is 0.0579. The molecule has 1 aliphatic carbocycles. The number of pyridine rings is 1. The lowest BCUT2D eigenvalue weighted by Crippen LogP contribution is -2.27. The monoisotopic (exact) mass is 396 g/mol. The number of rotatable bonds is 5. The van der Waals surface area contributed by atoms with E-state index < -0.39 is 0 Å². The summed E-state index contributed by atoms with van der Waals surface area (Å²) in [5.41, 5.74) is 6.18. The SMILES string of the molecule is CN(Cc1cnn(Cc2ccccc2)c1)C(=O)c1c2c(nc3ccccc13)CCC2. The Balaban J connectivity index is 1.39. The van der Waals surface area contributed by atoms with Gasteiger partial charge in [0, 0.05) is 36.4 Å². The van der Waals surface area contributed by atoms with Gasteiger partial charge in [0.05, 0.1) is 23.8 Å². The average Bonchev–Trinajstić information content (AvgIpc) is 3.41. The zero-order valence-electron chi connectivity index (χ0n) is 17.1. The van der Waals surface area contributed by atoms with E-state index in [9.17, 15) is 4.79 Å². The third-order valence-electron chi connectivity index (χ3n) is 5.77. The molecule has 0 saturated heterocycles. The molecular formula is C25H24N4O. The number of hydrogen-bond donors (Lipinski definition) is 0. The Bertz CT molecular complexity index is 1210. The molecule has 1 amide bonds. The van der Waals surface area contributed by atoms with Crippen molar-refractivity contribution in [2.45, 2.75) is 32.4 Å². The van der Waals surface area contributed by atoms with Crippen LogP contribution in [0.5, 0.6) is 0 Å². The number of carbonyl (C=O) groups is 1. The van der Waals surface area contributed by atoms with Gasteiger partial charge in [-0.2, -0.15) is 5.10 Å². The van der Waals surface area contributed by atoms with Crippen LogP contribution in [-0.2, 0) is 25.9 Å². The predicted molar refractivity (Wildman–Crippen MR) is 117 cm³/mol. The molecule has 0 unspecified atom stereocenters. The second-order valence-corrected chi connectivity index (χ2v) is 7.98. The van der Waals surface area contributed by atoms with Gasteiger partial charge in [-0.25, -0.2) is 0 Å². The summed E-state index contributed by atoms with van der Waals surface area (Å²) in [5.74, 6) is 0.0579. The Hall–Kier alpha value is -3.47. The fraction of sp³-hybridized carbons (Fsp3) is 0.240. The Morgan fingerprint density at radius 1 is 1.03 bits per heavy atom. The van der Waals surface area contributed by atoms with Gasteiger partial charge in [-0.1, -0.05) is 48.5 Å². The van der Waals surface area contributed by atoms with Crippen molar-refractivity contribution in [3.63, 3.8) is 0 Å². The van der Waals surface area contributed by atoms with E-state index in [2.05, 4.69) is 17.2 Å². The molecule has 0 aliphatic heterocycles. The van der Waals surface area contributed by atoms with Crippen molar-refractivity contribution >= 4 is 16.8 Å². The number of hydrogen-bond acceptors (Lipinski definition) is 3. The number of aryl methyl sites for hydroxylation is 1. The van der Waals surface area contributed by atoms with E-state index in [0.717, 1.165) is 59.1 Å². The quantitative estimate of drug-likeness (QED) is 0.507. The molecule has 0 radical (unpaired) electrons. The van der Waals surface area contributed by atoms with Gasteiger partial charge < -0.3 is 4.90 Å². The molecule has 0 spiro atoms. The molecule has 0 N–H and O–H groups in total. The Kier molecular flexibility index (Phi) is 4.79. The molecule has 2 aromatic carbocycles. The summed E-state index contributed by atoms with van der Waals surface area (Å²) < 4.78 is 1.92. The van der Waals surface area contributed by atoms with Crippen LogP contribution in [0.2, 0.25) is 0 Å². The van der Waals surface area contributed by atoms with E-state index in [-0.39, 0.29) is 5.91 Å². The number of fused-ring (bicyclic) bond motifs is 2. The molecule has 150 valence electrons. The number of amides is 1. The summed E-state index contributed by atoms with van der Waals surface area (Å²) >= 11 is 0. The van der Waals surface area contributed by atoms with Crippen molar-refractivity contribution in [3.05, 3.63) is 94.9 Å². The first-order chi connectivity index (χ1) is 14.7. The van der Waals surface area contributed by atoms with Crippen molar-refractivity contribution in [1.29, 1.82) is 0 Å². The van der Waals surface area contributed by atoms with Crippen LogP contribution in [0.25, 0.3) is 10.9 Å². The normalized spacial score (nSPS) is 12.8. The lowest BCUT2D eigenvalue weighted by molar-refractivity contribution is 0.0786. The maximum Gasteiger partial charge on any atom is 0.254 e. The van der Waals surface area contributed by atoms with Crippen LogP contribution in [-0.4, -0.2) is 32.6 Å². The lowest BCUT2D eigenvalue weighted by Gasteiger charge is -2.20. The number of nitrogens with zero attached hydrogens (tertiary/aromatic N) is 4. The van der Waals surface area contributed by atoms with Crippen LogP contribution in [0.15, 0.2) is 67.0 Å². The van der Waals surface area contributed by atoms with Crippen LogP contribution in [0.4, 0.5) is 0 Å². The van der Waals surface area contributed by atoms with Crippen LogP contribution < -0.4 is 0 Å². The lowest BCUT2D eigenvalue weighted by atomic mass is 10.00. The van der Waals surface area contributed by atoms with E-state index >= 15 is 0 Å². The minimum Gasteiger partial charge on any atom is -0.337 e. The largest absolute Gasteiger partial charge is 0.337 e. The zero-order chi connectivity index (χ0) is 20.5. The van der Waals surface area contributed by atoms with E-state index in [0.29, 0.717) is 6.54 Å². The molecule has 2 aromatic heterocycles. The molecule has 30 heavy (non-hydrogen) atoms. The number of carbonyl (C=O) groups excluding carboxylic acids is 1. The van der Waals surface area contributed by atoms with Gasteiger partial charge in [-0.15, -0.1) is 0 Å². The first-order valence-corrected chi connectivity index (χ1v) is 10.4. The number of aromatic nitrogens is 3. The van der Waals surface area contributed by atoms with Gasteiger partial charge in [-0.3, -0.25) is 14.5 Å². The highest BCUT2D eigenvalue weighted by atomic mass is 16.2. The van der Waals surface area contributed by atoms with Gasteiger partial charge in [0.25, 0.3) is 5.91 Å². The molecule has 0 fully saturated rings. The van der Waals surface area contributed by atoms with E-state index in [1.807, 2.05) is 66.6 Å². The smallest absolute Gasteiger partial charge is 0.254 e. The molecule has 5 nitrogen and oxygen atoms in total. The standard InChI is InChI=1S/C25H24N4O/c1-28(15-19-14-26-29(17-19)16-18-8-3-2-4-9-18)25(30)24-20-10-5-6-12-22(20)27-23-13-7-11-21(23)24/h2-6,8-10,12,14,17H,7,11,13,15-16H2,1H3. The van der Waals surface area contributed by atoms with Crippen molar-refractivity contribution in [1.82, 2.24) is 19.7 Å². The summed E-state index contributed by atoms with van der Waals surface area (Å²) in [7, 11) is 1.87.